The summed E-state index contributed by atoms with van der Waals surface area (Å²) in [5, 5.41) is 2.95. The zero-order chi connectivity index (χ0) is 20.1. The second-order valence-electron chi connectivity index (χ2n) is 7.99. The molecule has 3 rings (SSSR count). The first-order chi connectivity index (χ1) is 13.4. The Morgan fingerprint density at radius 2 is 1.86 bits per heavy atom. The number of rotatable bonds is 9. The number of nitrogens with zero attached hydrogens (tertiary/aromatic N) is 2. The number of carbonyl (C=O) groups excluding carboxylic acids is 1. The van der Waals surface area contributed by atoms with E-state index in [1.807, 2.05) is 0 Å². The van der Waals surface area contributed by atoms with Crippen LogP contribution in [0.25, 0.3) is 0 Å². The van der Waals surface area contributed by atoms with Crippen LogP contribution in [0.5, 0.6) is 0 Å². The van der Waals surface area contributed by atoms with Crippen molar-refractivity contribution in [3.63, 3.8) is 0 Å². The third-order valence-corrected chi connectivity index (χ3v) is 6.94. The van der Waals surface area contributed by atoms with Gasteiger partial charge in [-0.05, 0) is 36.5 Å². The molecule has 8 heteroatoms. The number of hydrogen-bond acceptors (Lipinski definition) is 5. The molecule has 0 radical (unpaired) electrons. The summed E-state index contributed by atoms with van der Waals surface area (Å²) >= 11 is 0. The Morgan fingerprint density at radius 1 is 1.21 bits per heavy atom. The van der Waals surface area contributed by atoms with Gasteiger partial charge in [0.2, 0.25) is 15.9 Å². The second kappa shape index (κ2) is 9.35. The largest absolute Gasteiger partial charge is 0.379 e. The molecule has 0 atom stereocenters. The Hall–Kier alpha value is -1.48. The van der Waals surface area contributed by atoms with Crippen LogP contribution in [0, 0.1) is 5.92 Å². The van der Waals surface area contributed by atoms with E-state index in [-0.39, 0.29) is 10.8 Å². The molecule has 1 aliphatic heterocycles. The van der Waals surface area contributed by atoms with E-state index in [2.05, 4.69) is 24.1 Å². The molecule has 0 bridgehead atoms. The number of hydrogen-bond donors (Lipinski definition) is 1. The van der Waals surface area contributed by atoms with Crippen molar-refractivity contribution < 1.29 is 17.9 Å². The maximum absolute atomic E-state index is 12.6. The van der Waals surface area contributed by atoms with Gasteiger partial charge >= 0.3 is 0 Å². The lowest BCUT2D eigenvalue weighted by molar-refractivity contribution is -0.122. The average Bonchev–Trinajstić information content (AvgIpc) is 3.52. The van der Waals surface area contributed by atoms with Crippen molar-refractivity contribution in [3.05, 3.63) is 29.8 Å². The van der Waals surface area contributed by atoms with E-state index in [9.17, 15) is 13.2 Å². The highest BCUT2D eigenvalue weighted by Gasteiger charge is 2.30. The molecule has 0 unspecified atom stereocenters. The lowest BCUT2D eigenvalue weighted by Gasteiger charge is -2.26. The maximum Gasteiger partial charge on any atom is 0.243 e. The second-order valence-corrected chi connectivity index (χ2v) is 9.93. The fraction of sp³-hybridized carbons (Fsp3) is 0.650. The van der Waals surface area contributed by atoms with Crippen LogP contribution in [0.15, 0.2) is 29.2 Å². The SMILES string of the molecule is CC(C)CN(CC(=O)NCc1ccc(S(=O)(=O)N2CCOCC2)cc1)C1CC1. The van der Waals surface area contributed by atoms with E-state index in [4.69, 9.17) is 4.74 Å². The van der Waals surface area contributed by atoms with Crippen molar-refractivity contribution in [2.24, 2.45) is 5.92 Å². The predicted octanol–water partition coefficient (Wildman–Crippen LogP) is 1.44. The highest BCUT2D eigenvalue weighted by Crippen LogP contribution is 2.27. The number of benzene rings is 1. The molecule has 1 N–H and O–H groups in total. The van der Waals surface area contributed by atoms with E-state index in [1.165, 1.54) is 17.1 Å². The Bertz CT molecular complexity index is 754. The molecule has 2 aliphatic rings. The molecule has 1 aliphatic carbocycles. The van der Waals surface area contributed by atoms with Crippen molar-refractivity contribution in [2.45, 2.75) is 44.2 Å². The summed E-state index contributed by atoms with van der Waals surface area (Å²) in [6.07, 6.45) is 2.36. The van der Waals surface area contributed by atoms with Crippen molar-refractivity contribution in [1.82, 2.24) is 14.5 Å². The number of carbonyl (C=O) groups is 1. The van der Waals surface area contributed by atoms with Gasteiger partial charge in [0.25, 0.3) is 0 Å². The van der Waals surface area contributed by atoms with Gasteiger partial charge in [-0.3, -0.25) is 9.69 Å². The molecular weight excluding hydrogens is 378 g/mol. The van der Waals surface area contributed by atoms with E-state index in [0.717, 1.165) is 12.1 Å². The molecule has 28 heavy (non-hydrogen) atoms. The Labute approximate surface area is 168 Å². The smallest absolute Gasteiger partial charge is 0.243 e. The molecule has 0 spiro atoms. The molecule has 2 fully saturated rings. The Morgan fingerprint density at radius 3 is 2.43 bits per heavy atom. The monoisotopic (exact) mass is 409 g/mol. The van der Waals surface area contributed by atoms with Crippen molar-refractivity contribution >= 4 is 15.9 Å². The van der Waals surface area contributed by atoms with Gasteiger partial charge in [-0.1, -0.05) is 26.0 Å². The minimum absolute atomic E-state index is 0.0116. The minimum Gasteiger partial charge on any atom is -0.379 e. The molecule has 7 nitrogen and oxygen atoms in total. The lowest BCUT2D eigenvalue weighted by Crippen LogP contribution is -2.40. The number of sulfonamides is 1. The molecule has 1 heterocycles. The van der Waals surface area contributed by atoms with Crippen LogP contribution in [0.3, 0.4) is 0 Å². The van der Waals surface area contributed by atoms with E-state index < -0.39 is 10.0 Å². The predicted molar refractivity (Wildman–Crippen MR) is 107 cm³/mol. The quantitative estimate of drug-likeness (QED) is 0.668. The first-order valence-electron chi connectivity index (χ1n) is 10.0. The van der Waals surface area contributed by atoms with Crippen LogP contribution < -0.4 is 5.32 Å². The molecule has 1 amide bonds. The van der Waals surface area contributed by atoms with Crippen molar-refractivity contribution in [3.8, 4) is 0 Å². The molecule has 1 saturated heterocycles. The minimum atomic E-state index is -3.48. The molecule has 1 aromatic carbocycles. The van der Waals surface area contributed by atoms with Gasteiger partial charge < -0.3 is 10.1 Å². The standard InChI is InChI=1S/C20H31N3O4S/c1-16(2)14-22(18-5-6-18)15-20(24)21-13-17-3-7-19(8-4-17)28(25,26)23-9-11-27-12-10-23/h3-4,7-8,16,18H,5-6,9-15H2,1-2H3,(H,21,24). The highest BCUT2D eigenvalue weighted by atomic mass is 32.2. The van der Waals surface area contributed by atoms with Gasteiger partial charge in [-0.15, -0.1) is 0 Å². The van der Waals surface area contributed by atoms with Crippen LogP contribution in [0.1, 0.15) is 32.3 Å². The topological polar surface area (TPSA) is 79.0 Å². The van der Waals surface area contributed by atoms with Crippen LogP contribution in [0.4, 0.5) is 0 Å². The zero-order valence-corrected chi connectivity index (χ0v) is 17.6. The van der Waals surface area contributed by atoms with Crippen molar-refractivity contribution in [2.75, 3.05) is 39.4 Å². The zero-order valence-electron chi connectivity index (χ0n) is 16.8. The Kier molecular flexibility index (Phi) is 7.09. The summed E-state index contributed by atoms with van der Waals surface area (Å²) in [7, 11) is -3.48. The van der Waals surface area contributed by atoms with E-state index in [1.54, 1.807) is 24.3 Å². The summed E-state index contributed by atoms with van der Waals surface area (Å²) in [6.45, 7) is 7.72. The van der Waals surface area contributed by atoms with E-state index in [0.29, 0.717) is 51.4 Å². The van der Waals surface area contributed by atoms with Gasteiger partial charge in [0, 0.05) is 32.2 Å². The van der Waals surface area contributed by atoms with Gasteiger partial charge in [-0.25, -0.2) is 8.42 Å². The third kappa shape index (κ3) is 5.76. The van der Waals surface area contributed by atoms with Gasteiger partial charge in [0.15, 0.2) is 0 Å². The molecule has 0 aromatic heterocycles. The molecule has 156 valence electrons. The van der Waals surface area contributed by atoms with Crippen LogP contribution in [-0.4, -0.2) is 69.0 Å². The average molecular weight is 410 g/mol. The van der Waals surface area contributed by atoms with Crippen LogP contribution in [-0.2, 0) is 26.1 Å². The molecule has 1 aromatic rings. The first kappa shape index (κ1) is 21.2. The number of ether oxygens (including phenoxy) is 1. The fourth-order valence-electron chi connectivity index (χ4n) is 3.41. The summed E-state index contributed by atoms with van der Waals surface area (Å²) in [6, 6.07) is 7.31. The summed E-state index contributed by atoms with van der Waals surface area (Å²) in [5.74, 6) is 0.548. The summed E-state index contributed by atoms with van der Waals surface area (Å²) < 4.78 is 32.0. The van der Waals surface area contributed by atoms with Gasteiger partial charge in [-0.2, -0.15) is 4.31 Å². The fourth-order valence-corrected chi connectivity index (χ4v) is 4.82. The number of morpholine rings is 1. The number of amides is 1. The summed E-state index contributed by atoms with van der Waals surface area (Å²) in [5.41, 5.74) is 0.885. The first-order valence-corrected chi connectivity index (χ1v) is 11.5. The molecule has 1 saturated carbocycles. The van der Waals surface area contributed by atoms with E-state index >= 15 is 0 Å². The Balaban J connectivity index is 1.52. The number of nitrogens with one attached hydrogen (secondary N) is 1. The van der Waals surface area contributed by atoms with Crippen LogP contribution >= 0.6 is 0 Å². The molecular formula is C20H31N3O4S. The lowest BCUT2D eigenvalue weighted by atomic mass is 10.2. The van der Waals surface area contributed by atoms with Crippen LogP contribution in [0.2, 0.25) is 0 Å². The van der Waals surface area contributed by atoms with Gasteiger partial charge in [0.1, 0.15) is 0 Å². The maximum atomic E-state index is 12.6. The highest BCUT2D eigenvalue weighted by molar-refractivity contribution is 7.89. The van der Waals surface area contributed by atoms with Crippen molar-refractivity contribution in [1.29, 1.82) is 0 Å². The third-order valence-electron chi connectivity index (χ3n) is 5.03. The normalized spacial score (nSPS) is 18.6. The van der Waals surface area contributed by atoms with Gasteiger partial charge in [0.05, 0.1) is 24.7 Å². The summed E-state index contributed by atoms with van der Waals surface area (Å²) in [4.78, 5) is 14.8.